The average molecular weight is 316 g/mol. The molecule has 1 rings (SSSR count). The third-order valence-corrected chi connectivity index (χ3v) is 2.97. The van der Waals surface area contributed by atoms with Crippen molar-refractivity contribution in [2.24, 2.45) is 5.92 Å². The van der Waals surface area contributed by atoms with Crippen molar-refractivity contribution >= 4 is 27.4 Å². The summed E-state index contributed by atoms with van der Waals surface area (Å²) in [5.74, 6) is 1.04. The standard InChI is InChI=1S/C12H18BrN3O2/c1-9(2)5-3-4-6-14-12-11(16(17)18)7-10(13)8-15-12/h7-9H,3-6H2,1-2H3,(H,14,15). The summed E-state index contributed by atoms with van der Waals surface area (Å²) >= 11 is 3.18. The van der Waals surface area contributed by atoms with Gasteiger partial charge in [-0.25, -0.2) is 4.98 Å². The number of anilines is 1. The van der Waals surface area contributed by atoms with Gasteiger partial charge in [-0.15, -0.1) is 0 Å². The van der Waals surface area contributed by atoms with Gasteiger partial charge in [0.25, 0.3) is 0 Å². The molecule has 0 saturated heterocycles. The Labute approximate surface area is 115 Å². The van der Waals surface area contributed by atoms with Gasteiger partial charge in [0.15, 0.2) is 0 Å². The molecule has 1 aromatic heterocycles. The first-order valence-corrected chi connectivity index (χ1v) is 6.84. The van der Waals surface area contributed by atoms with Crippen LogP contribution < -0.4 is 5.32 Å². The minimum absolute atomic E-state index is 0.00762. The van der Waals surface area contributed by atoms with E-state index in [1.807, 2.05) is 0 Å². The van der Waals surface area contributed by atoms with E-state index in [2.05, 4.69) is 40.1 Å². The SMILES string of the molecule is CC(C)CCCCNc1ncc(Br)cc1[N+](=O)[O-]. The molecule has 0 atom stereocenters. The molecule has 0 fully saturated rings. The van der Waals surface area contributed by atoms with Gasteiger partial charge < -0.3 is 5.32 Å². The minimum Gasteiger partial charge on any atom is -0.364 e. The van der Waals surface area contributed by atoms with E-state index in [0.29, 0.717) is 22.8 Å². The Kier molecular flexibility index (Phi) is 6.04. The number of nitro groups is 1. The van der Waals surface area contributed by atoms with Crippen molar-refractivity contribution in [1.29, 1.82) is 0 Å². The van der Waals surface area contributed by atoms with E-state index >= 15 is 0 Å². The highest BCUT2D eigenvalue weighted by atomic mass is 79.9. The number of nitrogens with one attached hydrogen (secondary N) is 1. The maximum Gasteiger partial charge on any atom is 0.312 e. The first-order chi connectivity index (χ1) is 8.50. The van der Waals surface area contributed by atoms with Crippen LogP contribution in [0.4, 0.5) is 11.5 Å². The molecule has 0 bridgehead atoms. The van der Waals surface area contributed by atoms with Crippen molar-refractivity contribution in [1.82, 2.24) is 4.98 Å². The van der Waals surface area contributed by atoms with Gasteiger partial charge in [-0.3, -0.25) is 10.1 Å². The van der Waals surface area contributed by atoms with Crippen LogP contribution in [0.2, 0.25) is 0 Å². The van der Waals surface area contributed by atoms with E-state index in [-0.39, 0.29) is 5.69 Å². The fourth-order valence-corrected chi connectivity index (χ4v) is 1.91. The lowest BCUT2D eigenvalue weighted by molar-refractivity contribution is -0.384. The van der Waals surface area contributed by atoms with Gasteiger partial charge in [0.05, 0.1) is 4.92 Å². The Morgan fingerprint density at radius 2 is 2.22 bits per heavy atom. The second-order valence-electron chi connectivity index (χ2n) is 4.59. The number of nitrogens with zero attached hydrogens (tertiary/aromatic N) is 2. The molecule has 0 aromatic carbocycles. The van der Waals surface area contributed by atoms with E-state index in [0.717, 1.165) is 12.8 Å². The summed E-state index contributed by atoms with van der Waals surface area (Å²) in [6, 6.07) is 1.46. The van der Waals surface area contributed by atoms with Crippen LogP contribution in [0, 0.1) is 16.0 Å². The predicted molar refractivity (Wildman–Crippen MR) is 75.8 cm³/mol. The minimum atomic E-state index is -0.422. The highest BCUT2D eigenvalue weighted by Gasteiger charge is 2.15. The molecule has 0 aliphatic rings. The molecular weight excluding hydrogens is 298 g/mol. The van der Waals surface area contributed by atoms with Crippen molar-refractivity contribution in [3.63, 3.8) is 0 Å². The summed E-state index contributed by atoms with van der Waals surface area (Å²) in [7, 11) is 0. The topological polar surface area (TPSA) is 68.1 Å². The molecule has 1 heterocycles. The maximum absolute atomic E-state index is 10.9. The molecule has 0 aliphatic carbocycles. The number of rotatable bonds is 7. The Bertz CT molecular complexity index is 410. The van der Waals surface area contributed by atoms with Crippen LogP contribution in [0.15, 0.2) is 16.7 Å². The number of unbranched alkanes of at least 4 members (excludes halogenated alkanes) is 1. The third kappa shape index (κ3) is 5.00. The molecule has 0 radical (unpaired) electrons. The quantitative estimate of drug-likeness (QED) is 0.469. The second-order valence-corrected chi connectivity index (χ2v) is 5.51. The van der Waals surface area contributed by atoms with Crippen LogP contribution in [0.1, 0.15) is 33.1 Å². The van der Waals surface area contributed by atoms with Gasteiger partial charge in [0.1, 0.15) is 0 Å². The lowest BCUT2D eigenvalue weighted by Gasteiger charge is -2.07. The molecule has 6 heteroatoms. The van der Waals surface area contributed by atoms with Crippen LogP contribution in [0.25, 0.3) is 0 Å². The van der Waals surface area contributed by atoms with Gasteiger partial charge >= 0.3 is 5.69 Å². The van der Waals surface area contributed by atoms with E-state index in [1.165, 1.54) is 12.5 Å². The number of aromatic nitrogens is 1. The summed E-state index contributed by atoms with van der Waals surface area (Å²) in [5.41, 5.74) is 0.00762. The Hall–Kier alpha value is -1.17. The van der Waals surface area contributed by atoms with E-state index < -0.39 is 4.92 Å². The molecule has 1 N–H and O–H groups in total. The summed E-state index contributed by atoms with van der Waals surface area (Å²) in [6.07, 6.45) is 4.85. The van der Waals surface area contributed by atoms with Crippen LogP contribution >= 0.6 is 15.9 Å². The zero-order valence-electron chi connectivity index (χ0n) is 10.6. The largest absolute Gasteiger partial charge is 0.364 e. The molecule has 1 aromatic rings. The maximum atomic E-state index is 10.9. The highest BCUT2D eigenvalue weighted by molar-refractivity contribution is 9.10. The fraction of sp³-hybridized carbons (Fsp3) is 0.583. The Morgan fingerprint density at radius 3 is 2.83 bits per heavy atom. The predicted octanol–water partition coefficient (Wildman–Crippen LogP) is 3.99. The summed E-state index contributed by atoms with van der Waals surface area (Å²) < 4.78 is 0.611. The average Bonchev–Trinajstić information content (AvgIpc) is 2.29. The van der Waals surface area contributed by atoms with Crippen molar-refractivity contribution in [2.75, 3.05) is 11.9 Å². The van der Waals surface area contributed by atoms with Crippen molar-refractivity contribution in [2.45, 2.75) is 33.1 Å². The zero-order valence-corrected chi connectivity index (χ0v) is 12.2. The van der Waals surface area contributed by atoms with E-state index in [9.17, 15) is 10.1 Å². The fourth-order valence-electron chi connectivity index (χ4n) is 1.59. The second kappa shape index (κ2) is 7.31. The van der Waals surface area contributed by atoms with Crippen LogP contribution in [0.3, 0.4) is 0 Å². The number of hydrogen-bond acceptors (Lipinski definition) is 4. The molecule has 5 nitrogen and oxygen atoms in total. The van der Waals surface area contributed by atoms with Gasteiger partial charge in [-0.05, 0) is 28.3 Å². The van der Waals surface area contributed by atoms with E-state index in [1.54, 1.807) is 6.20 Å². The van der Waals surface area contributed by atoms with Crippen molar-refractivity contribution in [3.8, 4) is 0 Å². The van der Waals surface area contributed by atoms with Crippen LogP contribution in [-0.4, -0.2) is 16.5 Å². The lowest BCUT2D eigenvalue weighted by Crippen LogP contribution is -2.06. The lowest BCUT2D eigenvalue weighted by atomic mass is 10.1. The summed E-state index contributed by atoms with van der Waals surface area (Å²) in [6.45, 7) is 5.09. The van der Waals surface area contributed by atoms with Gasteiger partial charge in [-0.2, -0.15) is 0 Å². The van der Waals surface area contributed by atoms with Crippen molar-refractivity contribution in [3.05, 3.63) is 26.9 Å². The molecule has 0 unspecified atom stereocenters. The first kappa shape index (κ1) is 14.9. The third-order valence-electron chi connectivity index (χ3n) is 2.53. The molecule has 0 saturated carbocycles. The van der Waals surface area contributed by atoms with Gasteiger partial charge in [-0.1, -0.05) is 26.7 Å². The highest BCUT2D eigenvalue weighted by Crippen LogP contribution is 2.25. The number of hydrogen-bond donors (Lipinski definition) is 1. The number of halogens is 1. The molecule has 0 spiro atoms. The van der Waals surface area contributed by atoms with Gasteiger partial charge in [0, 0.05) is 23.3 Å². The van der Waals surface area contributed by atoms with Gasteiger partial charge in [0.2, 0.25) is 5.82 Å². The Morgan fingerprint density at radius 1 is 1.50 bits per heavy atom. The van der Waals surface area contributed by atoms with Crippen LogP contribution in [0.5, 0.6) is 0 Å². The molecular formula is C12H18BrN3O2. The molecule has 18 heavy (non-hydrogen) atoms. The molecule has 100 valence electrons. The monoisotopic (exact) mass is 315 g/mol. The van der Waals surface area contributed by atoms with E-state index in [4.69, 9.17) is 0 Å². The summed E-state index contributed by atoms with van der Waals surface area (Å²) in [5, 5.41) is 13.9. The smallest absolute Gasteiger partial charge is 0.312 e. The zero-order chi connectivity index (χ0) is 13.5. The van der Waals surface area contributed by atoms with Crippen molar-refractivity contribution < 1.29 is 4.92 Å². The molecule has 0 aliphatic heterocycles. The summed E-state index contributed by atoms with van der Waals surface area (Å²) in [4.78, 5) is 14.5. The normalized spacial score (nSPS) is 10.7. The first-order valence-electron chi connectivity index (χ1n) is 6.04. The number of pyridine rings is 1. The van der Waals surface area contributed by atoms with Crippen LogP contribution in [-0.2, 0) is 0 Å². The molecule has 0 amide bonds. The Balaban J connectivity index is 2.49.